The van der Waals surface area contributed by atoms with Crippen LogP contribution in [0.3, 0.4) is 0 Å². The summed E-state index contributed by atoms with van der Waals surface area (Å²) in [7, 11) is 0. The second kappa shape index (κ2) is 4.75. The van der Waals surface area contributed by atoms with E-state index in [1.165, 1.54) is 9.08 Å². The molecule has 1 aliphatic rings. The fourth-order valence-electron chi connectivity index (χ4n) is 2.13. The van der Waals surface area contributed by atoms with Gasteiger partial charge in [-0.15, -0.1) is 5.10 Å². The van der Waals surface area contributed by atoms with Crippen molar-refractivity contribution in [1.82, 2.24) is 19.5 Å². The van der Waals surface area contributed by atoms with Crippen molar-refractivity contribution in [1.29, 1.82) is 0 Å². The summed E-state index contributed by atoms with van der Waals surface area (Å²) >= 11 is 0. The second-order valence-corrected chi connectivity index (χ2v) is 5.45. The molecule has 1 aliphatic heterocycles. The summed E-state index contributed by atoms with van der Waals surface area (Å²) in [5.74, 6) is -0.219. The zero-order chi connectivity index (χ0) is 14.2. The molecular formula is C13H16N4O3. The maximum atomic E-state index is 12.0. The molecule has 0 saturated carbocycles. The zero-order valence-corrected chi connectivity index (χ0v) is 11.2. The predicted molar refractivity (Wildman–Crippen MR) is 71.4 cm³/mol. The quantitative estimate of drug-likeness (QED) is 0.828. The maximum Gasteiger partial charge on any atom is 0.350 e. The normalized spacial score (nSPS) is 16.9. The van der Waals surface area contributed by atoms with Crippen molar-refractivity contribution in [2.75, 3.05) is 19.8 Å². The van der Waals surface area contributed by atoms with Gasteiger partial charge in [-0.3, -0.25) is 9.20 Å². The van der Waals surface area contributed by atoms with E-state index >= 15 is 0 Å². The van der Waals surface area contributed by atoms with Crippen molar-refractivity contribution < 1.29 is 9.53 Å². The molecule has 0 aromatic carbocycles. The third-order valence-corrected chi connectivity index (χ3v) is 3.40. The Hall–Kier alpha value is -2.15. The molecule has 0 atom stereocenters. The van der Waals surface area contributed by atoms with Gasteiger partial charge in [-0.05, 0) is 12.1 Å². The van der Waals surface area contributed by atoms with Crippen molar-refractivity contribution in [2.24, 2.45) is 5.41 Å². The van der Waals surface area contributed by atoms with Gasteiger partial charge in [0.2, 0.25) is 5.91 Å². The van der Waals surface area contributed by atoms with Crippen LogP contribution in [0.4, 0.5) is 0 Å². The third-order valence-electron chi connectivity index (χ3n) is 3.40. The number of rotatable bonds is 4. The first kappa shape index (κ1) is 12.9. The van der Waals surface area contributed by atoms with E-state index in [2.05, 4.69) is 10.4 Å². The Bertz CT molecular complexity index is 699. The van der Waals surface area contributed by atoms with E-state index in [0.29, 0.717) is 25.4 Å². The first-order valence-electron chi connectivity index (χ1n) is 6.46. The van der Waals surface area contributed by atoms with Crippen molar-refractivity contribution >= 4 is 11.6 Å². The van der Waals surface area contributed by atoms with Crippen molar-refractivity contribution in [3.8, 4) is 0 Å². The molecule has 7 nitrogen and oxygen atoms in total. The van der Waals surface area contributed by atoms with Gasteiger partial charge in [-0.1, -0.05) is 13.0 Å². The number of aromatic nitrogens is 3. The summed E-state index contributed by atoms with van der Waals surface area (Å²) in [4.78, 5) is 23.9. The third kappa shape index (κ3) is 2.32. The number of carbonyl (C=O) groups is 1. The highest BCUT2D eigenvalue weighted by Gasteiger charge is 2.33. The number of ether oxygens (including phenoxy) is 1. The number of amides is 1. The largest absolute Gasteiger partial charge is 0.380 e. The highest BCUT2D eigenvalue weighted by Crippen LogP contribution is 2.24. The molecule has 0 aliphatic carbocycles. The number of nitrogens with one attached hydrogen (secondary N) is 1. The van der Waals surface area contributed by atoms with Crippen LogP contribution in [-0.2, 0) is 16.1 Å². The van der Waals surface area contributed by atoms with Crippen LogP contribution >= 0.6 is 0 Å². The van der Waals surface area contributed by atoms with E-state index in [1.807, 2.05) is 6.92 Å². The van der Waals surface area contributed by atoms with Crippen LogP contribution in [0.1, 0.15) is 6.92 Å². The minimum Gasteiger partial charge on any atom is -0.380 e. The van der Waals surface area contributed by atoms with E-state index in [9.17, 15) is 9.59 Å². The molecule has 1 saturated heterocycles. The Kier molecular flexibility index (Phi) is 3.06. The first-order valence-corrected chi connectivity index (χ1v) is 6.46. The molecule has 0 spiro atoms. The Morgan fingerprint density at radius 3 is 2.95 bits per heavy atom. The van der Waals surface area contributed by atoms with Crippen molar-refractivity contribution in [2.45, 2.75) is 13.5 Å². The summed E-state index contributed by atoms with van der Waals surface area (Å²) in [5.41, 5.74) is 0.234. The molecule has 7 heteroatoms. The van der Waals surface area contributed by atoms with Gasteiger partial charge >= 0.3 is 5.69 Å². The Morgan fingerprint density at radius 1 is 1.50 bits per heavy atom. The highest BCUT2D eigenvalue weighted by molar-refractivity contribution is 5.75. The van der Waals surface area contributed by atoms with Gasteiger partial charge in [0.05, 0.1) is 13.2 Å². The number of hydrogen-bond donors (Lipinski definition) is 1. The molecule has 2 aromatic heterocycles. The smallest absolute Gasteiger partial charge is 0.350 e. The van der Waals surface area contributed by atoms with Crippen LogP contribution in [0.25, 0.3) is 5.65 Å². The maximum absolute atomic E-state index is 12.0. The lowest BCUT2D eigenvalue weighted by Gasteiger charge is -2.37. The summed E-state index contributed by atoms with van der Waals surface area (Å²) in [6.07, 6.45) is 1.63. The Labute approximate surface area is 115 Å². The van der Waals surface area contributed by atoms with Gasteiger partial charge in [0.1, 0.15) is 6.54 Å². The van der Waals surface area contributed by atoms with E-state index in [0.717, 1.165) is 0 Å². The van der Waals surface area contributed by atoms with Gasteiger partial charge < -0.3 is 10.1 Å². The van der Waals surface area contributed by atoms with Crippen LogP contribution in [0.15, 0.2) is 29.2 Å². The topological polar surface area (TPSA) is 77.6 Å². The highest BCUT2D eigenvalue weighted by atomic mass is 16.5. The Balaban J connectivity index is 1.68. The van der Waals surface area contributed by atoms with Crippen LogP contribution in [-0.4, -0.2) is 39.8 Å². The number of carbonyl (C=O) groups excluding carboxylic acids is 1. The number of pyridine rings is 1. The number of nitrogens with zero attached hydrogens (tertiary/aromatic N) is 3. The molecule has 106 valence electrons. The summed E-state index contributed by atoms with van der Waals surface area (Å²) in [6.45, 7) is 3.84. The standard InChI is InChI=1S/C13H16N4O3/c1-13(8-20-9-13)7-14-11(18)6-17-12(19)16-5-3-2-4-10(16)15-17/h2-5H,6-9H2,1H3,(H,14,18). The van der Waals surface area contributed by atoms with E-state index in [-0.39, 0.29) is 23.6 Å². The molecular weight excluding hydrogens is 260 g/mol. The molecule has 3 heterocycles. The molecule has 1 fully saturated rings. The molecule has 1 N–H and O–H groups in total. The van der Waals surface area contributed by atoms with Crippen LogP contribution in [0.5, 0.6) is 0 Å². The van der Waals surface area contributed by atoms with E-state index < -0.39 is 0 Å². The zero-order valence-electron chi connectivity index (χ0n) is 11.2. The van der Waals surface area contributed by atoms with Gasteiger partial charge in [0.25, 0.3) is 0 Å². The van der Waals surface area contributed by atoms with Gasteiger partial charge in [-0.25, -0.2) is 9.48 Å². The minimum absolute atomic E-state index is 0.0134. The number of hydrogen-bond acceptors (Lipinski definition) is 4. The van der Waals surface area contributed by atoms with Crippen molar-refractivity contribution in [3.63, 3.8) is 0 Å². The van der Waals surface area contributed by atoms with Crippen LogP contribution in [0.2, 0.25) is 0 Å². The van der Waals surface area contributed by atoms with Crippen molar-refractivity contribution in [3.05, 3.63) is 34.9 Å². The minimum atomic E-state index is -0.311. The van der Waals surface area contributed by atoms with Crippen LogP contribution in [0, 0.1) is 5.41 Å². The van der Waals surface area contributed by atoms with Gasteiger partial charge in [-0.2, -0.15) is 0 Å². The lowest BCUT2D eigenvalue weighted by Crippen LogP contribution is -2.49. The number of fused-ring (bicyclic) bond motifs is 1. The summed E-state index contributed by atoms with van der Waals surface area (Å²) in [6, 6.07) is 5.27. The SMILES string of the molecule is CC1(CNC(=O)Cn2nc3ccccn3c2=O)COC1. The molecule has 2 aromatic rings. The second-order valence-electron chi connectivity index (χ2n) is 5.45. The average Bonchev–Trinajstić information content (AvgIpc) is 2.72. The van der Waals surface area contributed by atoms with Crippen LogP contribution < -0.4 is 11.0 Å². The molecule has 1 amide bonds. The molecule has 0 bridgehead atoms. The van der Waals surface area contributed by atoms with E-state index in [4.69, 9.17) is 4.74 Å². The first-order chi connectivity index (χ1) is 9.57. The summed E-state index contributed by atoms with van der Waals surface area (Å²) in [5, 5.41) is 6.93. The monoisotopic (exact) mass is 276 g/mol. The fourth-order valence-corrected chi connectivity index (χ4v) is 2.13. The molecule has 20 heavy (non-hydrogen) atoms. The molecule has 3 rings (SSSR count). The lowest BCUT2D eigenvalue weighted by atomic mass is 9.89. The molecule has 0 radical (unpaired) electrons. The van der Waals surface area contributed by atoms with E-state index in [1.54, 1.807) is 24.4 Å². The average molecular weight is 276 g/mol. The van der Waals surface area contributed by atoms with Gasteiger partial charge in [0.15, 0.2) is 5.65 Å². The fraction of sp³-hybridized carbons (Fsp3) is 0.462. The lowest BCUT2D eigenvalue weighted by molar-refractivity contribution is -0.127. The van der Waals surface area contributed by atoms with Gasteiger partial charge in [0, 0.05) is 18.2 Å². The summed E-state index contributed by atoms with van der Waals surface area (Å²) < 4.78 is 7.71. The molecule has 0 unspecified atom stereocenters. The predicted octanol–water partition coefficient (Wildman–Crippen LogP) is -0.351. The Morgan fingerprint density at radius 2 is 2.30 bits per heavy atom.